The number of ether oxygens (including phenoxy) is 1. The van der Waals surface area contributed by atoms with Gasteiger partial charge in [-0.25, -0.2) is 0 Å². The van der Waals surface area contributed by atoms with Crippen molar-refractivity contribution in [3.05, 3.63) is 23.8 Å². The molecule has 0 aliphatic heterocycles. The van der Waals surface area contributed by atoms with Crippen molar-refractivity contribution >= 4 is 18.6 Å². The van der Waals surface area contributed by atoms with Crippen LogP contribution in [0.5, 0.6) is 5.75 Å². The summed E-state index contributed by atoms with van der Waals surface area (Å²) in [5.41, 5.74) is 0.707. The van der Waals surface area contributed by atoms with Gasteiger partial charge >= 0.3 is 5.97 Å². The first-order valence-corrected chi connectivity index (χ1v) is 5.19. The molecule has 0 radical (unpaired) electrons. The lowest BCUT2D eigenvalue weighted by molar-refractivity contribution is -0.138. The average Bonchev–Trinajstić information content (AvgIpc) is 2.16. The summed E-state index contributed by atoms with van der Waals surface area (Å²) in [6, 6.07) is 5.25. The molecule has 1 N–H and O–H groups in total. The molecule has 1 aromatic carbocycles. The van der Waals surface area contributed by atoms with Gasteiger partial charge in [0.05, 0.1) is 12.5 Å². The summed E-state index contributed by atoms with van der Waals surface area (Å²) in [5, 5.41) is 8.88. The number of aliphatic carboxylic acids is 1. The third-order valence-corrected chi connectivity index (χ3v) is 2.35. The molecule has 0 fully saturated rings. The lowest BCUT2D eigenvalue weighted by Gasteiger charge is -2.10. The summed E-state index contributed by atoms with van der Waals surface area (Å²) < 4.78 is 5.32. The Bertz CT molecular complexity index is 363. The van der Waals surface area contributed by atoms with Gasteiger partial charge in [-0.3, -0.25) is 4.79 Å². The molecule has 15 heavy (non-hydrogen) atoms. The molecule has 0 aromatic heterocycles. The maximum absolute atomic E-state index is 10.8. The van der Waals surface area contributed by atoms with Crippen molar-refractivity contribution in [1.29, 1.82) is 0 Å². The Morgan fingerprint density at radius 1 is 1.53 bits per heavy atom. The molecule has 4 heteroatoms. The van der Waals surface area contributed by atoms with Crippen LogP contribution in [0.1, 0.15) is 25.3 Å². The van der Waals surface area contributed by atoms with Crippen LogP contribution in [0, 0.1) is 0 Å². The second-order valence-electron chi connectivity index (χ2n) is 3.25. The highest BCUT2D eigenvalue weighted by Crippen LogP contribution is 2.25. The van der Waals surface area contributed by atoms with Crippen molar-refractivity contribution in [2.45, 2.75) is 24.7 Å². The van der Waals surface area contributed by atoms with Crippen LogP contribution in [0.2, 0.25) is 0 Å². The van der Waals surface area contributed by atoms with Crippen LogP contribution in [0.4, 0.5) is 0 Å². The van der Waals surface area contributed by atoms with E-state index in [1.54, 1.807) is 25.1 Å². The van der Waals surface area contributed by atoms with Crippen LogP contribution in [0.15, 0.2) is 23.1 Å². The quantitative estimate of drug-likeness (QED) is 0.776. The summed E-state index contributed by atoms with van der Waals surface area (Å²) in [6.07, 6.45) is 0. The second kappa shape index (κ2) is 5.07. The van der Waals surface area contributed by atoms with Crippen molar-refractivity contribution in [3.8, 4) is 5.75 Å². The monoisotopic (exact) mass is 226 g/mol. The van der Waals surface area contributed by atoms with E-state index >= 15 is 0 Å². The van der Waals surface area contributed by atoms with E-state index in [2.05, 4.69) is 12.6 Å². The highest BCUT2D eigenvalue weighted by molar-refractivity contribution is 7.80. The topological polar surface area (TPSA) is 46.5 Å². The molecule has 1 atom stereocenters. The summed E-state index contributed by atoms with van der Waals surface area (Å²) in [7, 11) is 0. The van der Waals surface area contributed by atoms with E-state index in [-0.39, 0.29) is 0 Å². The molecule has 0 bridgehead atoms. The minimum atomic E-state index is -0.851. The van der Waals surface area contributed by atoms with Crippen LogP contribution in [0.25, 0.3) is 0 Å². The Morgan fingerprint density at radius 2 is 2.20 bits per heavy atom. The lowest BCUT2D eigenvalue weighted by Crippen LogP contribution is -2.07. The smallest absolute Gasteiger partial charge is 0.310 e. The van der Waals surface area contributed by atoms with E-state index in [0.29, 0.717) is 22.8 Å². The Morgan fingerprint density at radius 3 is 2.73 bits per heavy atom. The number of hydrogen-bond acceptors (Lipinski definition) is 3. The van der Waals surface area contributed by atoms with Crippen LogP contribution in [-0.4, -0.2) is 17.7 Å². The van der Waals surface area contributed by atoms with E-state index in [1.165, 1.54) is 0 Å². The number of carbonyl (C=O) groups is 1. The average molecular weight is 226 g/mol. The van der Waals surface area contributed by atoms with Gasteiger partial charge in [0.25, 0.3) is 0 Å². The van der Waals surface area contributed by atoms with E-state index in [9.17, 15) is 4.79 Å². The molecule has 1 rings (SSSR count). The Kier molecular flexibility index (Phi) is 4.03. The highest BCUT2D eigenvalue weighted by atomic mass is 32.1. The lowest BCUT2D eigenvalue weighted by atomic mass is 10.0. The Labute approximate surface area is 94.5 Å². The fraction of sp³-hybridized carbons (Fsp3) is 0.364. The number of thiol groups is 1. The minimum absolute atomic E-state index is 0.545. The SMILES string of the molecule is CCOc1cc(S)cc(C(C)C(=O)O)c1. The summed E-state index contributed by atoms with van der Waals surface area (Å²) >= 11 is 4.21. The zero-order valence-electron chi connectivity index (χ0n) is 8.73. The van der Waals surface area contributed by atoms with Crippen molar-refractivity contribution < 1.29 is 14.6 Å². The third-order valence-electron chi connectivity index (χ3n) is 2.10. The number of benzene rings is 1. The molecular formula is C11H14O3S. The zero-order valence-corrected chi connectivity index (χ0v) is 9.62. The molecule has 0 aliphatic rings. The van der Waals surface area contributed by atoms with Gasteiger partial charge in [-0.1, -0.05) is 0 Å². The zero-order chi connectivity index (χ0) is 11.4. The highest BCUT2D eigenvalue weighted by Gasteiger charge is 2.14. The first kappa shape index (κ1) is 11.9. The maximum Gasteiger partial charge on any atom is 0.310 e. The van der Waals surface area contributed by atoms with Crippen LogP contribution in [-0.2, 0) is 4.79 Å². The molecule has 0 saturated carbocycles. The third kappa shape index (κ3) is 3.16. The molecular weight excluding hydrogens is 212 g/mol. The normalized spacial score (nSPS) is 12.2. The van der Waals surface area contributed by atoms with Gasteiger partial charge < -0.3 is 9.84 Å². The van der Waals surface area contributed by atoms with E-state index in [1.807, 2.05) is 6.92 Å². The molecule has 0 heterocycles. The fourth-order valence-electron chi connectivity index (χ4n) is 1.25. The number of carboxylic acids is 1. The van der Waals surface area contributed by atoms with Gasteiger partial charge in [0, 0.05) is 4.90 Å². The van der Waals surface area contributed by atoms with E-state index in [0.717, 1.165) is 0 Å². The predicted molar refractivity (Wildman–Crippen MR) is 60.9 cm³/mol. The fourth-order valence-corrected chi connectivity index (χ4v) is 1.52. The van der Waals surface area contributed by atoms with Gasteiger partial charge in [0.2, 0.25) is 0 Å². The predicted octanol–water partition coefficient (Wildman–Crippen LogP) is 2.56. The first-order valence-electron chi connectivity index (χ1n) is 4.74. The number of carboxylic acid groups (broad SMARTS) is 1. The molecule has 0 aliphatic carbocycles. The molecule has 0 spiro atoms. The molecule has 0 saturated heterocycles. The van der Waals surface area contributed by atoms with Crippen LogP contribution >= 0.6 is 12.6 Å². The Hall–Kier alpha value is -1.16. The molecule has 0 amide bonds. The maximum atomic E-state index is 10.8. The molecule has 3 nitrogen and oxygen atoms in total. The van der Waals surface area contributed by atoms with Gasteiger partial charge in [0.1, 0.15) is 5.75 Å². The summed E-state index contributed by atoms with van der Waals surface area (Å²) in [5.74, 6) is -0.735. The van der Waals surface area contributed by atoms with Crippen molar-refractivity contribution in [2.24, 2.45) is 0 Å². The Balaban J connectivity index is 3.02. The number of rotatable bonds is 4. The minimum Gasteiger partial charge on any atom is -0.494 e. The second-order valence-corrected chi connectivity index (χ2v) is 3.77. The molecule has 1 unspecified atom stereocenters. The van der Waals surface area contributed by atoms with Crippen LogP contribution < -0.4 is 4.74 Å². The molecule has 1 aromatic rings. The van der Waals surface area contributed by atoms with E-state index < -0.39 is 11.9 Å². The standard InChI is InChI=1S/C11H14O3S/c1-3-14-9-4-8(5-10(15)6-9)7(2)11(12)13/h4-7,15H,3H2,1-2H3,(H,12,13). The van der Waals surface area contributed by atoms with Crippen molar-refractivity contribution in [3.63, 3.8) is 0 Å². The number of hydrogen-bond donors (Lipinski definition) is 2. The first-order chi connectivity index (χ1) is 7.04. The van der Waals surface area contributed by atoms with E-state index in [4.69, 9.17) is 9.84 Å². The van der Waals surface area contributed by atoms with Gasteiger partial charge in [-0.15, -0.1) is 12.6 Å². The largest absolute Gasteiger partial charge is 0.494 e. The summed E-state index contributed by atoms with van der Waals surface area (Å²) in [4.78, 5) is 11.5. The van der Waals surface area contributed by atoms with Crippen LogP contribution in [0.3, 0.4) is 0 Å². The van der Waals surface area contributed by atoms with Crippen molar-refractivity contribution in [1.82, 2.24) is 0 Å². The van der Waals surface area contributed by atoms with Gasteiger partial charge in [-0.2, -0.15) is 0 Å². The van der Waals surface area contributed by atoms with Gasteiger partial charge in [0.15, 0.2) is 0 Å². The van der Waals surface area contributed by atoms with Crippen molar-refractivity contribution in [2.75, 3.05) is 6.61 Å². The summed E-state index contributed by atoms with van der Waals surface area (Å²) in [6.45, 7) is 4.07. The molecule has 82 valence electrons. The van der Waals surface area contributed by atoms with Gasteiger partial charge in [-0.05, 0) is 37.6 Å².